The van der Waals surface area contributed by atoms with Crippen LogP contribution < -0.4 is 10.6 Å². The summed E-state index contributed by atoms with van der Waals surface area (Å²) >= 11 is 0. The SMILES string of the molecule is C[C@H](NC(=O)OCc1ccccc1)C(=O)N[C@H](CC(ON1C(=O)CCC1=O)C(=O)O)C(=O)OCc1ccccc1. The largest absolute Gasteiger partial charge is 0.479 e. The highest BCUT2D eigenvalue weighted by Crippen LogP contribution is 2.17. The summed E-state index contributed by atoms with van der Waals surface area (Å²) in [6.45, 7) is 1.12. The Bertz CT molecular complexity index is 1210. The molecule has 1 unspecified atom stereocenters. The molecule has 1 fully saturated rings. The minimum absolute atomic E-state index is 0.0407. The van der Waals surface area contributed by atoms with E-state index < -0.39 is 60.4 Å². The number of benzene rings is 2. The summed E-state index contributed by atoms with van der Waals surface area (Å²) < 4.78 is 10.4. The number of hydrogen-bond donors (Lipinski definition) is 3. The Morgan fingerprint density at radius 2 is 1.38 bits per heavy atom. The molecule has 212 valence electrons. The molecule has 4 amide bonds. The van der Waals surface area contributed by atoms with Gasteiger partial charge in [0, 0.05) is 19.3 Å². The Hall–Kier alpha value is -4.78. The third-order valence-electron chi connectivity index (χ3n) is 5.73. The van der Waals surface area contributed by atoms with Gasteiger partial charge in [0.15, 0.2) is 6.10 Å². The Kier molecular flexibility index (Phi) is 10.7. The lowest BCUT2D eigenvalue weighted by atomic mass is 10.1. The predicted octanol–water partition coefficient (Wildman–Crippen LogP) is 1.45. The maximum absolute atomic E-state index is 12.9. The van der Waals surface area contributed by atoms with Crippen molar-refractivity contribution in [3.05, 3.63) is 71.8 Å². The smallest absolute Gasteiger partial charge is 0.408 e. The van der Waals surface area contributed by atoms with E-state index in [2.05, 4.69) is 10.6 Å². The van der Waals surface area contributed by atoms with Crippen LogP contribution in [0.1, 0.15) is 37.3 Å². The number of hydrogen-bond acceptors (Lipinski definition) is 9. The zero-order valence-corrected chi connectivity index (χ0v) is 21.6. The minimum atomic E-state index is -1.86. The second-order valence-corrected chi connectivity index (χ2v) is 8.83. The second-order valence-electron chi connectivity index (χ2n) is 8.83. The summed E-state index contributed by atoms with van der Waals surface area (Å²) in [5, 5.41) is 14.7. The highest BCUT2D eigenvalue weighted by Gasteiger charge is 2.38. The highest BCUT2D eigenvalue weighted by atomic mass is 16.7. The molecule has 1 aliphatic heterocycles. The van der Waals surface area contributed by atoms with Gasteiger partial charge < -0.3 is 25.2 Å². The van der Waals surface area contributed by atoms with Crippen LogP contribution in [0.15, 0.2) is 60.7 Å². The first-order valence-electron chi connectivity index (χ1n) is 12.4. The number of nitrogens with zero attached hydrogens (tertiary/aromatic N) is 1. The average molecular weight is 556 g/mol. The van der Waals surface area contributed by atoms with Crippen molar-refractivity contribution >= 4 is 35.8 Å². The lowest BCUT2D eigenvalue weighted by Gasteiger charge is -2.25. The van der Waals surface area contributed by atoms with Crippen LogP contribution in [0.25, 0.3) is 0 Å². The van der Waals surface area contributed by atoms with Crippen LogP contribution in [0.3, 0.4) is 0 Å². The van der Waals surface area contributed by atoms with Gasteiger partial charge in [0.05, 0.1) is 0 Å². The Labute approximate surface area is 229 Å². The topological polar surface area (TPSA) is 178 Å². The van der Waals surface area contributed by atoms with Crippen LogP contribution in [0.5, 0.6) is 0 Å². The number of aliphatic carboxylic acids is 1. The molecule has 3 N–H and O–H groups in total. The summed E-state index contributed by atoms with van der Waals surface area (Å²) in [5.41, 5.74) is 1.36. The molecule has 0 spiro atoms. The second kappa shape index (κ2) is 14.4. The number of ether oxygens (including phenoxy) is 2. The molecule has 1 aliphatic rings. The van der Waals surface area contributed by atoms with Crippen molar-refractivity contribution in [3.63, 3.8) is 0 Å². The number of imide groups is 1. The van der Waals surface area contributed by atoms with Gasteiger partial charge in [-0.25, -0.2) is 19.2 Å². The molecule has 0 aliphatic carbocycles. The molecule has 3 atom stereocenters. The number of alkyl carbamates (subject to hydrolysis) is 1. The number of rotatable bonds is 13. The summed E-state index contributed by atoms with van der Waals surface area (Å²) in [5.74, 6) is -4.88. The van der Waals surface area contributed by atoms with Gasteiger partial charge in [0.25, 0.3) is 11.8 Å². The number of nitrogens with one attached hydrogen (secondary N) is 2. The van der Waals surface area contributed by atoms with Crippen molar-refractivity contribution in [2.45, 2.75) is 57.6 Å². The lowest BCUT2D eigenvalue weighted by Crippen LogP contribution is -2.52. The molecular formula is C27H29N3O10. The van der Waals surface area contributed by atoms with E-state index in [0.29, 0.717) is 10.6 Å². The number of hydroxylamine groups is 2. The number of carbonyl (C=O) groups excluding carboxylic acids is 5. The van der Waals surface area contributed by atoms with Crippen molar-refractivity contribution in [1.82, 2.24) is 15.7 Å². The standard InChI is InChI=1S/C27H29N3O10/c1-17(28-27(37)39-16-19-10-6-3-7-11-19)24(33)29-20(26(36)38-15-18-8-4-2-5-9-18)14-21(25(34)35)40-30-22(31)12-13-23(30)32/h2-11,17,20-21H,12-16H2,1H3,(H,28,37)(H,29,33)(H,34,35)/t17-,20+,21?/m0/s1. The quantitative estimate of drug-likeness (QED) is 0.242. The third kappa shape index (κ3) is 8.91. The third-order valence-corrected chi connectivity index (χ3v) is 5.73. The van der Waals surface area contributed by atoms with E-state index in [1.807, 2.05) is 0 Å². The van der Waals surface area contributed by atoms with Gasteiger partial charge >= 0.3 is 18.0 Å². The molecule has 2 aromatic carbocycles. The normalized spacial score (nSPS) is 15.1. The van der Waals surface area contributed by atoms with Gasteiger partial charge in [-0.15, -0.1) is 0 Å². The van der Waals surface area contributed by atoms with Crippen LogP contribution in [0.4, 0.5) is 4.79 Å². The Balaban J connectivity index is 1.66. The van der Waals surface area contributed by atoms with E-state index in [4.69, 9.17) is 14.3 Å². The van der Waals surface area contributed by atoms with Crippen LogP contribution in [-0.4, -0.2) is 64.1 Å². The minimum Gasteiger partial charge on any atom is -0.479 e. The molecule has 0 saturated carbocycles. The molecule has 13 heteroatoms. The van der Waals surface area contributed by atoms with Crippen LogP contribution in [0, 0.1) is 0 Å². The van der Waals surface area contributed by atoms with Crippen molar-refractivity contribution in [2.75, 3.05) is 0 Å². The molecule has 40 heavy (non-hydrogen) atoms. The Morgan fingerprint density at radius 1 is 0.850 bits per heavy atom. The maximum Gasteiger partial charge on any atom is 0.408 e. The van der Waals surface area contributed by atoms with Gasteiger partial charge in [-0.3, -0.25) is 14.4 Å². The van der Waals surface area contributed by atoms with E-state index in [1.54, 1.807) is 60.7 Å². The van der Waals surface area contributed by atoms with E-state index >= 15 is 0 Å². The molecular weight excluding hydrogens is 526 g/mol. The first kappa shape index (κ1) is 29.8. The summed E-state index contributed by atoms with van der Waals surface area (Å²) in [7, 11) is 0. The fourth-order valence-electron chi connectivity index (χ4n) is 3.55. The van der Waals surface area contributed by atoms with E-state index in [0.717, 1.165) is 5.56 Å². The lowest BCUT2D eigenvalue weighted by molar-refractivity contribution is -0.210. The first-order valence-corrected chi connectivity index (χ1v) is 12.4. The Morgan fingerprint density at radius 3 is 1.90 bits per heavy atom. The number of carboxylic acid groups (broad SMARTS) is 1. The first-order chi connectivity index (χ1) is 19.1. The van der Waals surface area contributed by atoms with E-state index in [1.165, 1.54) is 6.92 Å². The maximum atomic E-state index is 12.9. The zero-order chi connectivity index (χ0) is 29.1. The zero-order valence-electron chi connectivity index (χ0n) is 21.6. The molecule has 2 aromatic rings. The van der Waals surface area contributed by atoms with Crippen molar-refractivity contribution in [3.8, 4) is 0 Å². The van der Waals surface area contributed by atoms with Crippen molar-refractivity contribution < 1.29 is 48.2 Å². The van der Waals surface area contributed by atoms with Gasteiger partial charge in [-0.2, -0.15) is 5.06 Å². The molecule has 13 nitrogen and oxygen atoms in total. The van der Waals surface area contributed by atoms with E-state index in [-0.39, 0.29) is 26.1 Å². The van der Waals surface area contributed by atoms with Gasteiger partial charge in [0.2, 0.25) is 5.91 Å². The van der Waals surface area contributed by atoms with Crippen molar-refractivity contribution in [2.24, 2.45) is 0 Å². The molecule has 3 rings (SSSR count). The number of esters is 1. The summed E-state index contributed by atoms with van der Waals surface area (Å²) in [6, 6.07) is 14.7. The summed E-state index contributed by atoms with van der Waals surface area (Å²) in [6.07, 6.45) is -3.73. The van der Waals surface area contributed by atoms with E-state index in [9.17, 15) is 33.9 Å². The molecule has 1 heterocycles. The van der Waals surface area contributed by atoms with Crippen LogP contribution in [0.2, 0.25) is 0 Å². The number of amides is 4. The predicted molar refractivity (Wildman–Crippen MR) is 136 cm³/mol. The van der Waals surface area contributed by atoms with Crippen molar-refractivity contribution in [1.29, 1.82) is 0 Å². The van der Waals surface area contributed by atoms with Gasteiger partial charge in [-0.1, -0.05) is 60.7 Å². The fourth-order valence-corrected chi connectivity index (χ4v) is 3.55. The highest BCUT2D eigenvalue weighted by molar-refractivity contribution is 6.00. The average Bonchev–Trinajstić information content (AvgIpc) is 3.26. The van der Waals surface area contributed by atoms with Crippen LogP contribution in [-0.2, 0) is 51.5 Å². The van der Waals surface area contributed by atoms with Gasteiger partial charge in [-0.05, 0) is 18.1 Å². The molecule has 0 bridgehead atoms. The fraction of sp³-hybridized carbons (Fsp3) is 0.333. The van der Waals surface area contributed by atoms with Gasteiger partial charge in [0.1, 0.15) is 25.3 Å². The molecule has 1 saturated heterocycles. The van der Waals surface area contributed by atoms with Crippen LogP contribution >= 0.6 is 0 Å². The monoisotopic (exact) mass is 555 g/mol. The molecule has 0 aromatic heterocycles. The summed E-state index contributed by atoms with van der Waals surface area (Å²) in [4.78, 5) is 78.7. The number of carboxylic acids is 1. The molecule has 0 radical (unpaired) electrons. The number of carbonyl (C=O) groups is 6.